The summed E-state index contributed by atoms with van der Waals surface area (Å²) < 4.78 is 0. The molecule has 4 unspecified atom stereocenters. The lowest BCUT2D eigenvalue weighted by Gasteiger charge is -2.41. The molecule has 2 saturated carbocycles. The van der Waals surface area contributed by atoms with E-state index in [1.165, 1.54) is 44.9 Å². The van der Waals surface area contributed by atoms with E-state index in [4.69, 9.17) is 0 Å². The van der Waals surface area contributed by atoms with Crippen molar-refractivity contribution in [1.82, 2.24) is 9.80 Å². The molecule has 0 aromatic carbocycles. The zero-order chi connectivity index (χ0) is 12.1. The Labute approximate surface area is 110 Å². The van der Waals surface area contributed by atoms with Crippen molar-refractivity contribution in [1.29, 1.82) is 0 Å². The van der Waals surface area contributed by atoms with Gasteiger partial charge in [-0.3, -0.25) is 0 Å². The second-order valence-electron chi connectivity index (χ2n) is 6.90. The van der Waals surface area contributed by atoms with Gasteiger partial charge in [0.25, 0.3) is 0 Å². The van der Waals surface area contributed by atoms with E-state index in [2.05, 4.69) is 9.80 Å². The number of rotatable bonds is 0. The maximum Gasteiger partial charge on any atom is 0.0109 e. The first-order valence-electron chi connectivity index (χ1n) is 7.90. The molecule has 0 amide bonds. The Morgan fingerprint density at radius 2 is 1.50 bits per heavy atom. The van der Waals surface area contributed by atoms with Gasteiger partial charge >= 0.3 is 0 Å². The molecule has 3 nitrogen and oxygen atoms in total. The minimum Gasteiger partial charge on any atom is -0.426 e. The molecule has 4 aliphatic rings. The van der Waals surface area contributed by atoms with Crippen LogP contribution in [0.2, 0.25) is 0 Å². The lowest BCUT2D eigenvalue weighted by Crippen LogP contribution is -2.45. The number of guanidine groups is 1. The van der Waals surface area contributed by atoms with Gasteiger partial charge < -0.3 is 15.2 Å². The zero-order valence-electron chi connectivity index (χ0n) is 11.2. The fourth-order valence-electron chi connectivity index (χ4n) is 5.06. The van der Waals surface area contributed by atoms with Gasteiger partial charge in [0.2, 0.25) is 0 Å². The quantitative estimate of drug-likeness (QED) is 0.485. The predicted molar refractivity (Wildman–Crippen MR) is 73.2 cm³/mol. The number of nitrogens with zero attached hydrogens (tertiary/aromatic N) is 3. The molecule has 0 bridgehead atoms. The fraction of sp³-hybridized carbons (Fsp3) is 0.933. The van der Waals surface area contributed by atoms with Crippen LogP contribution in [0.25, 0.3) is 5.41 Å². The van der Waals surface area contributed by atoms with Gasteiger partial charge in [-0.1, -0.05) is 12.8 Å². The Morgan fingerprint density at radius 1 is 0.833 bits per heavy atom. The first-order chi connectivity index (χ1) is 8.83. The number of likely N-dealkylation sites (tertiary alicyclic amines) is 2. The van der Waals surface area contributed by atoms with Crippen LogP contribution in [0.4, 0.5) is 0 Å². The van der Waals surface area contributed by atoms with Crippen molar-refractivity contribution in [3.8, 4) is 0 Å². The molecule has 3 heteroatoms. The first-order valence-corrected chi connectivity index (χ1v) is 7.90. The Hall–Kier alpha value is -0.730. The summed E-state index contributed by atoms with van der Waals surface area (Å²) in [5, 5.41) is 10.6. The average Bonchev–Trinajstić information content (AvgIpc) is 3.07. The van der Waals surface area contributed by atoms with Crippen LogP contribution in [-0.2, 0) is 0 Å². The van der Waals surface area contributed by atoms with Crippen LogP contribution in [0.1, 0.15) is 44.9 Å². The third-order valence-electron chi connectivity index (χ3n) is 6.03. The Morgan fingerprint density at radius 3 is 2.28 bits per heavy atom. The molecule has 2 heterocycles. The highest BCUT2D eigenvalue weighted by Gasteiger charge is 2.38. The predicted octanol–water partition coefficient (Wildman–Crippen LogP) is 2.52. The van der Waals surface area contributed by atoms with Gasteiger partial charge in [-0.2, -0.15) is 0 Å². The molecule has 0 N–H and O–H groups in total. The molecule has 2 aliphatic carbocycles. The van der Waals surface area contributed by atoms with Crippen molar-refractivity contribution in [3.63, 3.8) is 0 Å². The highest BCUT2D eigenvalue weighted by atomic mass is 15.4. The van der Waals surface area contributed by atoms with Gasteiger partial charge in [0, 0.05) is 5.96 Å². The minimum absolute atomic E-state index is 0.624. The molecule has 0 radical (unpaired) electrons. The summed E-state index contributed by atoms with van der Waals surface area (Å²) in [7, 11) is 0. The van der Waals surface area contributed by atoms with Gasteiger partial charge in [-0.05, 0) is 75.5 Å². The number of hydrogen-bond donors (Lipinski definition) is 0. The average molecular weight is 246 g/mol. The molecule has 0 aromatic rings. The van der Waals surface area contributed by atoms with Gasteiger partial charge in [0.15, 0.2) is 0 Å². The van der Waals surface area contributed by atoms with Crippen LogP contribution < -0.4 is 0 Å². The summed E-state index contributed by atoms with van der Waals surface area (Å²) in [6, 6.07) is 0.658. The Balaban J connectivity index is 1.44. The first kappa shape index (κ1) is 11.1. The monoisotopic (exact) mass is 246 g/mol. The van der Waals surface area contributed by atoms with Gasteiger partial charge in [0.1, 0.15) is 0 Å². The second kappa shape index (κ2) is 4.14. The van der Waals surface area contributed by atoms with Crippen LogP contribution in [0, 0.1) is 17.8 Å². The van der Waals surface area contributed by atoms with Crippen LogP contribution in [0.15, 0.2) is 0 Å². The summed E-state index contributed by atoms with van der Waals surface area (Å²) >= 11 is 0. The smallest absolute Gasteiger partial charge is 0.0109 e. The molecule has 4 atom stereocenters. The fourth-order valence-corrected chi connectivity index (χ4v) is 5.06. The molecule has 18 heavy (non-hydrogen) atoms. The van der Waals surface area contributed by atoms with Gasteiger partial charge in [0.05, 0.1) is 0 Å². The van der Waals surface area contributed by atoms with E-state index in [-0.39, 0.29) is 0 Å². The van der Waals surface area contributed by atoms with Crippen LogP contribution in [0.5, 0.6) is 0 Å². The van der Waals surface area contributed by atoms with Gasteiger partial charge in [-0.15, -0.1) is 0 Å². The standard InChI is InChI=1S/C15H24N3/c16-15(17-9-12-4-1-5-13(12)10-17)18-8-7-11-3-2-6-14(11)18/h11-14H,1-10H2/q-1. The van der Waals surface area contributed by atoms with Crippen molar-refractivity contribution < 1.29 is 0 Å². The van der Waals surface area contributed by atoms with E-state index in [1.54, 1.807) is 0 Å². The van der Waals surface area contributed by atoms with E-state index in [9.17, 15) is 5.41 Å². The normalized spacial score (nSPS) is 42.4. The highest BCUT2D eigenvalue weighted by molar-refractivity contribution is 5.84. The van der Waals surface area contributed by atoms with E-state index < -0.39 is 0 Å². The molecule has 2 saturated heterocycles. The van der Waals surface area contributed by atoms with Crippen molar-refractivity contribution in [2.24, 2.45) is 17.8 Å². The minimum atomic E-state index is 0.624. The van der Waals surface area contributed by atoms with Crippen molar-refractivity contribution >= 4 is 5.96 Å². The van der Waals surface area contributed by atoms with Crippen LogP contribution in [0.3, 0.4) is 0 Å². The molecule has 4 rings (SSSR count). The zero-order valence-corrected chi connectivity index (χ0v) is 11.2. The second-order valence-corrected chi connectivity index (χ2v) is 6.90. The Bertz CT molecular complexity index is 342. The molecular formula is C15H24N3-. The lowest BCUT2D eigenvalue weighted by molar-refractivity contribution is 0.310. The van der Waals surface area contributed by atoms with Crippen molar-refractivity contribution in [3.05, 3.63) is 5.41 Å². The van der Waals surface area contributed by atoms with Crippen molar-refractivity contribution in [2.45, 2.75) is 51.0 Å². The maximum atomic E-state index is 10.6. The lowest BCUT2D eigenvalue weighted by atomic mass is 10.0. The summed E-state index contributed by atoms with van der Waals surface area (Å²) in [6.07, 6.45) is 9.55. The molecule has 0 aromatic heterocycles. The highest BCUT2D eigenvalue weighted by Crippen LogP contribution is 2.41. The van der Waals surface area contributed by atoms with Crippen molar-refractivity contribution in [2.75, 3.05) is 19.6 Å². The SMILES string of the molecule is [N-]=C(N1CC2CCCC2C1)N1CCC2CCCC21. The maximum absolute atomic E-state index is 10.6. The molecular weight excluding hydrogens is 222 g/mol. The van der Waals surface area contributed by atoms with E-state index in [0.717, 1.165) is 37.4 Å². The van der Waals surface area contributed by atoms with E-state index in [0.29, 0.717) is 12.0 Å². The molecule has 100 valence electrons. The Kier molecular flexibility index (Phi) is 2.56. The summed E-state index contributed by atoms with van der Waals surface area (Å²) in [6.45, 7) is 3.32. The topological polar surface area (TPSA) is 28.8 Å². The number of fused-ring (bicyclic) bond motifs is 2. The third kappa shape index (κ3) is 1.59. The largest absolute Gasteiger partial charge is 0.426 e. The van der Waals surface area contributed by atoms with Crippen LogP contribution in [-0.4, -0.2) is 41.4 Å². The van der Waals surface area contributed by atoms with Crippen LogP contribution >= 0.6 is 0 Å². The van der Waals surface area contributed by atoms with E-state index in [1.807, 2.05) is 0 Å². The molecule has 0 spiro atoms. The molecule has 2 aliphatic heterocycles. The molecule has 4 fully saturated rings. The summed E-state index contributed by atoms with van der Waals surface area (Å²) in [5.41, 5.74) is 0. The third-order valence-corrected chi connectivity index (χ3v) is 6.03. The van der Waals surface area contributed by atoms with E-state index >= 15 is 0 Å². The number of hydrogen-bond acceptors (Lipinski definition) is 0. The van der Waals surface area contributed by atoms with Gasteiger partial charge in [-0.25, -0.2) is 0 Å². The summed E-state index contributed by atoms with van der Waals surface area (Å²) in [5.74, 6) is 3.23. The summed E-state index contributed by atoms with van der Waals surface area (Å²) in [4.78, 5) is 4.62.